The summed E-state index contributed by atoms with van der Waals surface area (Å²) in [5, 5.41) is 7.38. The van der Waals surface area contributed by atoms with Crippen LogP contribution in [0.15, 0.2) is 18.5 Å². The van der Waals surface area contributed by atoms with E-state index >= 15 is 0 Å². The molecule has 2 aromatic heterocycles. The zero-order chi connectivity index (χ0) is 12.6. The lowest BCUT2D eigenvalue weighted by Crippen LogP contribution is -2.11. The number of halogens is 2. The van der Waals surface area contributed by atoms with Crippen LogP contribution in [0, 0.1) is 6.92 Å². The second-order valence-electron chi connectivity index (χ2n) is 2.92. The second kappa shape index (κ2) is 4.56. The smallest absolute Gasteiger partial charge is 0.329 e. The Morgan fingerprint density at radius 1 is 1.53 bits per heavy atom. The van der Waals surface area contributed by atoms with Gasteiger partial charge in [-0.25, -0.2) is 13.1 Å². The molecule has 17 heavy (non-hydrogen) atoms. The number of anilines is 1. The van der Waals surface area contributed by atoms with Crippen molar-refractivity contribution in [1.29, 1.82) is 0 Å². The lowest BCUT2D eigenvalue weighted by molar-refractivity contribution is 0.534. The van der Waals surface area contributed by atoms with Gasteiger partial charge >= 0.3 is 6.01 Å². The van der Waals surface area contributed by atoms with Gasteiger partial charge < -0.3 is 4.42 Å². The average Bonchev–Trinajstić information content (AvgIpc) is 2.75. The molecule has 0 saturated carbocycles. The van der Waals surface area contributed by atoms with Crippen molar-refractivity contribution in [3.63, 3.8) is 0 Å². The first-order valence-corrected chi connectivity index (χ1v) is 7.63. The van der Waals surface area contributed by atoms with E-state index in [9.17, 15) is 8.42 Å². The molecule has 0 amide bonds. The molecule has 0 aliphatic carbocycles. The molecule has 1 N–H and O–H groups in total. The van der Waals surface area contributed by atoms with Crippen molar-refractivity contribution in [1.82, 2.24) is 10.2 Å². The molecule has 0 aliphatic heterocycles. The van der Waals surface area contributed by atoms with Crippen LogP contribution in [-0.2, 0) is 10.0 Å². The highest BCUT2D eigenvalue weighted by Gasteiger charge is 2.21. The summed E-state index contributed by atoms with van der Waals surface area (Å²) in [5.41, 5.74) is 0. The molecule has 0 radical (unpaired) electrons. The van der Waals surface area contributed by atoms with Gasteiger partial charge in [0.05, 0.1) is 8.81 Å². The molecule has 10 heteroatoms. The van der Waals surface area contributed by atoms with Gasteiger partial charge in [-0.3, -0.25) is 0 Å². The van der Waals surface area contributed by atoms with E-state index < -0.39 is 10.0 Å². The summed E-state index contributed by atoms with van der Waals surface area (Å²) in [6.07, 6.45) is 0. The van der Waals surface area contributed by atoms with Gasteiger partial charge in [0.1, 0.15) is 4.21 Å². The maximum Gasteiger partial charge on any atom is 0.329 e. The maximum atomic E-state index is 11.9. The number of nitrogens with zero attached hydrogens (tertiary/aromatic N) is 2. The molecule has 0 aliphatic rings. The van der Waals surface area contributed by atoms with Gasteiger partial charge in [0.15, 0.2) is 0 Å². The van der Waals surface area contributed by atoms with Gasteiger partial charge in [0, 0.05) is 6.92 Å². The molecule has 2 heterocycles. The largest absolute Gasteiger partial charge is 0.408 e. The minimum Gasteiger partial charge on any atom is -0.408 e. The summed E-state index contributed by atoms with van der Waals surface area (Å²) >= 11 is 9.90. The first-order valence-electron chi connectivity index (χ1n) is 4.16. The van der Waals surface area contributed by atoms with Crippen LogP contribution < -0.4 is 4.72 Å². The molecule has 0 unspecified atom stereocenters. The van der Waals surface area contributed by atoms with Gasteiger partial charge in [-0.05, 0) is 22.0 Å². The van der Waals surface area contributed by atoms with Gasteiger partial charge in [0.25, 0.3) is 10.0 Å². The van der Waals surface area contributed by atoms with E-state index in [4.69, 9.17) is 16.0 Å². The fraction of sp³-hybridized carbons (Fsp3) is 0.143. The Hall–Kier alpha value is -0.640. The zero-order valence-corrected chi connectivity index (χ0v) is 12.2. The van der Waals surface area contributed by atoms with Crippen molar-refractivity contribution in [3.05, 3.63) is 20.8 Å². The zero-order valence-electron chi connectivity index (χ0n) is 8.27. The van der Waals surface area contributed by atoms with Gasteiger partial charge in [-0.15, -0.1) is 16.4 Å². The van der Waals surface area contributed by atoms with Crippen LogP contribution in [0.5, 0.6) is 0 Å². The standard InChI is InChI=1S/C7H5BrClN3O3S2/c1-3-10-11-7(15-3)12-17(13,14)5-2-4(9)6(8)16-5/h2H,1H3,(H,11,12). The normalized spacial score (nSPS) is 11.7. The van der Waals surface area contributed by atoms with E-state index in [2.05, 4.69) is 30.8 Å². The van der Waals surface area contributed by atoms with Crippen LogP contribution in [-0.4, -0.2) is 18.6 Å². The Kier molecular flexibility index (Phi) is 3.43. The van der Waals surface area contributed by atoms with Crippen molar-refractivity contribution in [2.45, 2.75) is 11.1 Å². The highest BCUT2D eigenvalue weighted by Crippen LogP contribution is 2.35. The third kappa shape index (κ3) is 2.79. The van der Waals surface area contributed by atoms with E-state index in [1.54, 1.807) is 6.92 Å². The SMILES string of the molecule is Cc1nnc(NS(=O)(=O)c2cc(Cl)c(Br)s2)o1. The molecule has 6 nitrogen and oxygen atoms in total. The first-order chi connectivity index (χ1) is 7.88. The van der Waals surface area contributed by atoms with E-state index in [1.807, 2.05) is 0 Å². The summed E-state index contributed by atoms with van der Waals surface area (Å²) in [5.74, 6) is 0.271. The van der Waals surface area contributed by atoms with Crippen molar-refractivity contribution in [2.75, 3.05) is 4.72 Å². The Morgan fingerprint density at radius 2 is 2.24 bits per heavy atom. The minimum absolute atomic E-state index is 0.0604. The van der Waals surface area contributed by atoms with E-state index in [0.717, 1.165) is 11.3 Å². The van der Waals surface area contributed by atoms with Crippen molar-refractivity contribution in [3.8, 4) is 0 Å². The number of aryl methyl sites for hydroxylation is 1. The first kappa shape index (κ1) is 12.8. The number of hydrogen-bond donors (Lipinski definition) is 1. The predicted molar refractivity (Wildman–Crippen MR) is 66.9 cm³/mol. The number of nitrogens with one attached hydrogen (secondary N) is 1. The monoisotopic (exact) mass is 357 g/mol. The maximum absolute atomic E-state index is 11.9. The molecule has 92 valence electrons. The van der Waals surface area contributed by atoms with E-state index in [0.29, 0.717) is 8.81 Å². The fourth-order valence-corrected chi connectivity index (χ4v) is 4.29. The van der Waals surface area contributed by atoms with Crippen molar-refractivity contribution >= 4 is 54.9 Å². The topological polar surface area (TPSA) is 85.1 Å². The minimum atomic E-state index is -3.74. The molecule has 0 fully saturated rings. The average molecular weight is 359 g/mol. The Labute approximate surface area is 114 Å². The molecule has 0 saturated heterocycles. The van der Waals surface area contributed by atoms with Crippen LogP contribution in [0.25, 0.3) is 0 Å². The van der Waals surface area contributed by atoms with Crippen LogP contribution in [0.1, 0.15) is 5.89 Å². The molecule has 0 aromatic carbocycles. The predicted octanol–water partition coefficient (Wildman–Crippen LogP) is 2.66. The summed E-state index contributed by atoms with van der Waals surface area (Å²) in [4.78, 5) is 0. The van der Waals surface area contributed by atoms with E-state index in [1.165, 1.54) is 6.07 Å². The van der Waals surface area contributed by atoms with Gasteiger partial charge in [-0.1, -0.05) is 16.7 Å². The number of aromatic nitrogens is 2. The molecular weight excluding hydrogens is 354 g/mol. The second-order valence-corrected chi connectivity index (χ2v) is 7.61. The summed E-state index contributed by atoms with van der Waals surface area (Å²) < 4.78 is 31.4. The molecule has 0 bridgehead atoms. The number of rotatable bonds is 3. The molecule has 0 spiro atoms. The Balaban J connectivity index is 2.31. The molecule has 0 atom stereocenters. The highest BCUT2D eigenvalue weighted by atomic mass is 79.9. The lowest BCUT2D eigenvalue weighted by atomic mass is 10.7. The Morgan fingerprint density at radius 3 is 2.71 bits per heavy atom. The fourth-order valence-electron chi connectivity index (χ4n) is 0.962. The van der Waals surface area contributed by atoms with Crippen LogP contribution >= 0.6 is 38.9 Å². The molecular formula is C7H5BrClN3O3S2. The number of sulfonamides is 1. The number of thiophene rings is 1. The Bertz CT molecular complexity index is 632. The summed E-state index contributed by atoms with van der Waals surface area (Å²) in [6, 6.07) is 1.16. The molecule has 2 aromatic rings. The van der Waals surface area contributed by atoms with Gasteiger partial charge in [0.2, 0.25) is 5.89 Å². The van der Waals surface area contributed by atoms with Gasteiger partial charge in [-0.2, -0.15) is 0 Å². The third-order valence-electron chi connectivity index (χ3n) is 1.64. The summed E-state index contributed by atoms with van der Waals surface area (Å²) in [7, 11) is -3.74. The quantitative estimate of drug-likeness (QED) is 0.911. The van der Waals surface area contributed by atoms with Crippen LogP contribution in [0.3, 0.4) is 0 Å². The van der Waals surface area contributed by atoms with Crippen LogP contribution in [0.2, 0.25) is 5.02 Å². The molecule has 2 rings (SSSR count). The lowest BCUT2D eigenvalue weighted by Gasteiger charge is -1.99. The summed E-state index contributed by atoms with van der Waals surface area (Å²) in [6.45, 7) is 1.56. The highest BCUT2D eigenvalue weighted by molar-refractivity contribution is 9.11. The third-order valence-corrected chi connectivity index (χ3v) is 5.90. The van der Waals surface area contributed by atoms with E-state index in [-0.39, 0.29) is 16.1 Å². The van der Waals surface area contributed by atoms with Crippen molar-refractivity contribution < 1.29 is 12.8 Å². The van der Waals surface area contributed by atoms with Crippen LogP contribution in [0.4, 0.5) is 6.01 Å². The van der Waals surface area contributed by atoms with Crippen molar-refractivity contribution in [2.24, 2.45) is 0 Å². The number of hydrogen-bond acceptors (Lipinski definition) is 6.